The zero-order chi connectivity index (χ0) is 24.8. The summed E-state index contributed by atoms with van der Waals surface area (Å²) in [7, 11) is 1.44. The first-order valence-electron chi connectivity index (χ1n) is 12.4. The molecule has 5 rings (SSSR count). The monoisotopic (exact) mass is 488 g/mol. The summed E-state index contributed by atoms with van der Waals surface area (Å²) in [4.78, 5) is 17.8. The fourth-order valence-electron chi connectivity index (χ4n) is 5.78. The molecule has 0 amide bonds. The van der Waals surface area contributed by atoms with E-state index in [1.54, 1.807) is 6.07 Å². The quantitative estimate of drug-likeness (QED) is 0.501. The second kappa shape index (κ2) is 9.03. The summed E-state index contributed by atoms with van der Waals surface area (Å²) >= 11 is 0. The van der Waals surface area contributed by atoms with Gasteiger partial charge in [0.2, 0.25) is 0 Å². The van der Waals surface area contributed by atoms with Crippen molar-refractivity contribution in [2.45, 2.75) is 63.1 Å². The third-order valence-corrected chi connectivity index (χ3v) is 7.97. The minimum atomic E-state index is -4.45. The fraction of sp³-hybridized carbons (Fsp3) is 0.556. The number of piperidine rings is 1. The molecule has 1 saturated heterocycles. The molecule has 188 valence electrons. The number of ether oxygens (including phenoxy) is 2. The van der Waals surface area contributed by atoms with Crippen molar-refractivity contribution in [3.05, 3.63) is 53.3 Å². The van der Waals surface area contributed by atoms with E-state index in [0.29, 0.717) is 24.7 Å². The van der Waals surface area contributed by atoms with Gasteiger partial charge in [-0.3, -0.25) is 9.78 Å². The van der Waals surface area contributed by atoms with E-state index in [0.717, 1.165) is 55.9 Å². The summed E-state index contributed by atoms with van der Waals surface area (Å²) in [6.07, 6.45) is 2.29. The van der Waals surface area contributed by atoms with Gasteiger partial charge in [-0.25, -0.2) is 0 Å². The number of carbonyl (C=O) groups is 1. The van der Waals surface area contributed by atoms with Crippen molar-refractivity contribution in [1.29, 1.82) is 0 Å². The number of methoxy groups -OCH3 is 1. The summed E-state index contributed by atoms with van der Waals surface area (Å²) in [6, 6.07) is 9.14. The molecule has 8 heteroatoms. The molecule has 5 nitrogen and oxygen atoms in total. The van der Waals surface area contributed by atoms with Gasteiger partial charge in [0.05, 0.1) is 13.0 Å². The molecule has 1 spiro atoms. The van der Waals surface area contributed by atoms with Gasteiger partial charge < -0.3 is 14.4 Å². The largest absolute Gasteiger partial charge is 0.487 e. The maximum atomic E-state index is 13.1. The van der Waals surface area contributed by atoms with Crippen molar-refractivity contribution < 1.29 is 27.4 Å². The van der Waals surface area contributed by atoms with E-state index in [4.69, 9.17) is 9.47 Å². The van der Waals surface area contributed by atoms with Crippen LogP contribution in [0.3, 0.4) is 0 Å². The lowest BCUT2D eigenvalue weighted by atomic mass is 9.80. The number of pyridine rings is 1. The van der Waals surface area contributed by atoms with Gasteiger partial charge in [-0.15, -0.1) is 0 Å². The van der Waals surface area contributed by atoms with Gasteiger partial charge in [0.1, 0.15) is 17.0 Å². The summed E-state index contributed by atoms with van der Waals surface area (Å²) < 4.78 is 50.9. The normalized spacial score (nSPS) is 21.1. The van der Waals surface area contributed by atoms with Crippen molar-refractivity contribution in [3.8, 4) is 5.75 Å². The number of carbonyl (C=O) groups excluding carboxylic acids is 1. The first kappa shape index (κ1) is 23.9. The third kappa shape index (κ3) is 4.84. The van der Waals surface area contributed by atoms with Gasteiger partial charge in [0, 0.05) is 37.8 Å². The van der Waals surface area contributed by atoms with E-state index in [9.17, 15) is 18.0 Å². The Balaban J connectivity index is 1.31. The summed E-state index contributed by atoms with van der Waals surface area (Å²) in [5.74, 6) is 1.09. The lowest BCUT2D eigenvalue weighted by Crippen LogP contribution is -2.50. The molecule has 2 fully saturated rings. The predicted molar refractivity (Wildman–Crippen MR) is 125 cm³/mol. The van der Waals surface area contributed by atoms with Gasteiger partial charge >= 0.3 is 12.1 Å². The van der Waals surface area contributed by atoms with Crippen molar-refractivity contribution in [1.82, 2.24) is 4.98 Å². The molecule has 35 heavy (non-hydrogen) atoms. The molecule has 2 atom stereocenters. The fourth-order valence-corrected chi connectivity index (χ4v) is 5.78. The summed E-state index contributed by atoms with van der Waals surface area (Å²) in [5, 5.41) is 0. The van der Waals surface area contributed by atoms with Crippen molar-refractivity contribution >= 4 is 11.7 Å². The van der Waals surface area contributed by atoms with Crippen molar-refractivity contribution in [2.24, 2.45) is 11.8 Å². The van der Waals surface area contributed by atoms with Gasteiger partial charge in [-0.05, 0) is 66.8 Å². The average molecular weight is 489 g/mol. The summed E-state index contributed by atoms with van der Waals surface area (Å²) in [5.41, 5.74) is 1.66. The van der Waals surface area contributed by atoms with Crippen LogP contribution in [-0.2, 0) is 22.1 Å². The SMILES string of the molecule is COC(=O)[C@H](C)[C@H](c1ccc2c(c1)OC1(CC2)CCN(c2ccnc(C(F)(F)F)c2)CC1)C1CC1. The number of hydrogen-bond donors (Lipinski definition) is 0. The summed E-state index contributed by atoms with van der Waals surface area (Å²) in [6.45, 7) is 3.19. The Hall–Kier alpha value is -2.77. The number of fused-ring (bicyclic) bond motifs is 1. The lowest BCUT2D eigenvalue weighted by molar-refractivity contribution is -0.146. The molecular weight excluding hydrogens is 457 g/mol. The van der Waals surface area contributed by atoms with E-state index >= 15 is 0 Å². The van der Waals surface area contributed by atoms with Crippen LogP contribution in [0.2, 0.25) is 0 Å². The Labute approximate surface area is 203 Å². The van der Waals surface area contributed by atoms with Crippen LogP contribution in [0.25, 0.3) is 0 Å². The molecule has 0 N–H and O–H groups in total. The van der Waals surface area contributed by atoms with E-state index in [1.807, 2.05) is 11.8 Å². The number of esters is 1. The average Bonchev–Trinajstić information content (AvgIpc) is 3.68. The molecule has 0 radical (unpaired) electrons. The highest BCUT2D eigenvalue weighted by atomic mass is 19.4. The number of anilines is 1. The Bertz CT molecular complexity index is 1090. The molecular formula is C27H31F3N2O3. The Morgan fingerprint density at radius 3 is 2.57 bits per heavy atom. The second-order valence-corrected chi connectivity index (χ2v) is 10.2. The Kier molecular flexibility index (Phi) is 6.18. The Morgan fingerprint density at radius 2 is 1.91 bits per heavy atom. The number of aromatic nitrogens is 1. The third-order valence-electron chi connectivity index (χ3n) is 7.97. The highest BCUT2D eigenvalue weighted by Gasteiger charge is 2.42. The smallest absolute Gasteiger partial charge is 0.433 e. The van der Waals surface area contributed by atoms with Crippen LogP contribution in [0.15, 0.2) is 36.5 Å². The first-order chi connectivity index (χ1) is 16.7. The van der Waals surface area contributed by atoms with Crippen LogP contribution < -0.4 is 9.64 Å². The Morgan fingerprint density at radius 1 is 1.17 bits per heavy atom. The number of aryl methyl sites for hydroxylation is 1. The molecule has 0 bridgehead atoms. The number of alkyl halides is 3. The topological polar surface area (TPSA) is 51.7 Å². The first-order valence-corrected chi connectivity index (χ1v) is 12.4. The number of rotatable bonds is 5. The van der Waals surface area contributed by atoms with Gasteiger partial charge in [-0.2, -0.15) is 13.2 Å². The van der Waals surface area contributed by atoms with E-state index in [1.165, 1.54) is 18.9 Å². The molecule has 3 heterocycles. The van der Waals surface area contributed by atoms with Crippen molar-refractivity contribution in [3.63, 3.8) is 0 Å². The van der Waals surface area contributed by atoms with Crippen LogP contribution in [0.1, 0.15) is 61.8 Å². The molecule has 2 aromatic rings. The zero-order valence-corrected chi connectivity index (χ0v) is 20.1. The van der Waals surface area contributed by atoms with Crippen LogP contribution in [0.5, 0.6) is 5.75 Å². The molecule has 3 aliphatic rings. The second-order valence-electron chi connectivity index (χ2n) is 10.2. The minimum absolute atomic E-state index is 0.116. The highest BCUT2D eigenvalue weighted by Crippen LogP contribution is 2.49. The van der Waals surface area contributed by atoms with Crippen molar-refractivity contribution in [2.75, 3.05) is 25.1 Å². The van der Waals surface area contributed by atoms with E-state index in [2.05, 4.69) is 23.2 Å². The standard InChI is InChI=1S/C27H31F3N2O3/c1-17(25(33)34-2)24(19-4-5-19)20-6-3-18-7-9-26(35-22(18)15-20)10-13-32(14-11-26)21-8-12-31-23(16-21)27(28,29)30/h3,6,8,12,15-17,19,24H,4-5,7,9-11,13-14H2,1-2H3/t17-,24+/m1/s1. The van der Waals surface area contributed by atoms with E-state index in [-0.39, 0.29) is 23.4 Å². The number of halogens is 3. The molecule has 1 aliphatic carbocycles. The lowest BCUT2D eigenvalue weighted by Gasteiger charge is -2.45. The molecule has 0 unspecified atom stereocenters. The maximum absolute atomic E-state index is 13.1. The van der Waals surface area contributed by atoms with Crippen LogP contribution >= 0.6 is 0 Å². The number of hydrogen-bond acceptors (Lipinski definition) is 5. The zero-order valence-electron chi connectivity index (χ0n) is 20.1. The van der Waals surface area contributed by atoms with Gasteiger partial charge in [0.25, 0.3) is 0 Å². The van der Waals surface area contributed by atoms with Crippen LogP contribution in [0.4, 0.5) is 18.9 Å². The predicted octanol–water partition coefficient (Wildman–Crippen LogP) is 5.77. The molecule has 1 saturated carbocycles. The van der Waals surface area contributed by atoms with Crippen LogP contribution in [-0.4, -0.2) is 36.8 Å². The maximum Gasteiger partial charge on any atom is 0.433 e. The molecule has 1 aromatic carbocycles. The number of nitrogens with zero attached hydrogens (tertiary/aromatic N) is 2. The molecule has 1 aromatic heterocycles. The number of benzene rings is 1. The molecule has 2 aliphatic heterocycles. The minimum Gasteiger partial charge on any atom is -0.487 e. The van der Waals surface area contributed by atoms with E-state index < -0.39 is 11.9 Å². The van der Waals surface area contributed by atoms with Gasteiger partial charge in [-0.1, -0.05) is 19.1 Å². The highest BCUT2D eigenvalue weighted by molar-refractivity contribution is 5.73. The van der Waals surface area contributed by atoms with Gasteiger partial charge in [0.15, 0.2) is 0 Å². The van der Waals surface area contributed by atoms with Crippen LogP contribution in [0, 0.1) is 11.8 Å².